The Labute approximate surface area is 316 Å². The van der Waals surface area contributed by atoms with E-state index in [9.17, 15) is 14.7 Å². The number of allylic oxidation sites excluding steroid dienone is 8. The lowest BCUT2D eigenvalue weighted by Crippen LogP contribution is -2.28. The van der Waals surface area contributed by atoms with Gasteiger partial charge in [0.2, 0.25) is 0 Å². The molecule has 0 aliphatic carbocycles. The number of hydrogen-bond donors (Lipinski definition) is 1. The van der Waals surface area contributed by atoms with Gasteiger partial charge in [-0.25, -0.2) is 0 Å². The summed E-state index contributed by atoms with van der Waals surface area (Å²) in [7, 11) is 0. The second kappa shape index (κ2) is 42.3. The van der Waals surface area contributed by atoms with E-state index in [1.807, 2.05) is 0 Å². The summed E-state index contributed by atoms with van der Waals surface area (Å²) in [6, 6.07) is 0. The maximum Gasteiger partial charge on any atom is 0.306 e. The van der Waals surface area contributed by atoms with Crippen molar-refractivity contribution in [3.63, 3.8) is 0 Å². The van der Waals surface area contributed by atoms with Crippen molar-refractivity contribution in [1.29, 1.82) is 0 Å². The van der Waals surface area contributed by atoms with Crippen molar-refractivity contribution < 1.29 is 24.2 Å². The van der Waals surface area contributed by atoms with Crippen LogP contribution in [0, 0.1) is 0 Å². The highest BCUT2D eigenvalue weighted by molar-refractivity contribution is 5.70. The molecule has 1 N–H and O–H groups in total. The average Bonchev–Trinajstić information content (AvgIpc) is 3.13. The maximum atomic E-state index is 12.2. The van der Waals surface area contributed by atoms with Crippen LogP contribution in [-0.2, 0) is 19.1 Å². The van der Waals surface area contributed by atoms with Crippen molar-refractivity contribution in [2.45, 2.75) is 219 Å². The number of carbonyl (C=O) groups excluding carboxylic acids is 2. The highest BCUT2D eigenvalue weighted by Gasteiger charge is 2.16. The SMILES string of the molecule is CCCCC/C=C\C/C=C\C/C=C\CCCCCCCCC(=O)OC(CO)COC(=O)CCCCCCCCC/C=C\CCCCCCCCC. The molecule has 296 valence electrons. The molecule has 0 aromatic carbocycles. The summed E-state index contributed by atoms with van der Waals surface area (Å²) in [5, 5.41) is 9.58. The Bertz CT molecular complexity index is 858. The van der Waals surface area contributed by atoms with Gasteiger partial charge in [0.25, 0.3) is 0 Å². The van der Waals surface area contributed by atoms with E-state index in [0.29, 0.717) is 12.8 Å². The summed E-state index contributed by atoms with van der Waals surface area (Å²) in [5.74, 6) is -0.608. The fraction of sp³-hybridized carbons (Fsp3) is 0.783. The monoisotopic (exact) mass is 715 g/mol. The summed E-state index contributed by atoms with van der Waals surface area (Å²) in [6.45, 7) is 4.10. The van der Waals surface area contributed by atoms with Crippen LogP contribution in [0.3, 0.4) is 0 Å². The van der Waals surface area contributed by atoms with Crippen molar-refractivity contribution in [3.8, 4) is 0 Å². The Morgan fingerprint density at radius 2 is 0.784 bits per heavy atom. The average molecular weight is 715 g/mol. The van der Waals surface area contributed by atoms with Gasteiger partial charge in [0.15, 0.2) is 6.10 Å². The molecule has 0 bridgehead atoms. The molecule has 51 heavy (non-hydrogen) atoms. The van der Waals surface area contributed by atoms with Gasteiger partial charge >= 0.3 is 11.9 Å². The van der Waals surface area contributed by atoms with Gasteiger partial charge in [-0.3, -0.25) is 9.59 Å². The number of aliphatic hydroxyl groups is 1. The Morgan fingerprint density at radius 1 is 0.451 bits per heavy atom. The molecule has 0 heterocycles. The molecular weight excluding hydrogens is 633 g/mol. The predicted octanol–water partition coefficient (Wildman–Crippen LogP) is 13.8. The highest BCUT2D eigenvalue weighted by atomic mass is 16.6. The number of rotatable bonds is 39. The molecule has 0 saturated carbocycles. The molecule has 0 saturated heterocycles. The third-order valence-corrected chi connectivity index (χ3v) is 9.35. The molecule has 0 amide bonds. The van der Waals surface area contributed by atoms with E-state index >= 15 is 0 Å². The molecule has 0 aliphatic heterocycles. The van der Waals surface area contributed by atoms with E-state index in [-0.39, 0.29) is 25.2 Å². The second-order valence-electron chi connectivity index (χ2n) is 14.4. The first-order valence-corrected chi connectivity index (χ1v) is 21.7. The third kappa shape index (κ3) is 40.5. The topological polar surface area (TPSA) is 72.8 Å². The van der Waals surface area contributed by atoms with Crippen LogP contribution >= 0.6 is 0 Å². The zero-order valence-electron chi connectivity index (χ0n) is 33.6. The summed E-state index contributed by atoms with van der Waals surface area (Å²) < 4.78 is 10.6. The van der Waals surface area contributed by atoms with Crippen molar-refractivity contribution in [1.82, 2.24) is 0 Å². The smallest absolute Gasteiger partial charge is 0.306 e. The van der Waals surface area contributed by atoms with Gasteiger partial charge in [0.05, 0.1) is 6.61 Å². The molecular formula is C46H82O5. The Kier molecular flexibility index (Phi) is 40.5. The van der Waals surface area contributed by atoms with Crippen LogP contribution in [0.15, 0.2) is 48.6 Å². The van der Waals surface area contributed by atoms with Crippen LogP contribution < -0.4 is 0 Å². The lowest BCUT2D eigenvalue weighted by Gasteiger charge is -2.15. The number of carbonyl (C=O) groups is 2. The van der Waals surface area contributed by atoms with Crippen LogP contribution in [0.4, 0.5) is 0 Å². The fourth-order valence-electron chi connectivity index (χ4n) is 6.03. The minimum absolute atomic E-state index is 0.0736. The minimum atomic E-state index is -0.780. The first-order valence-electron chi connectivity index (χ1n) is 21.7. The van der Waals surface area contributed by atoms with Crippen molar-refractivity contribution in [2.24, 2.45) is 0 Å². The molecule has 5 heteroatoms. The molecule has 0 aromatic rings. The van der Waals surface area contributed by atoms with E-state index in [2.05, 4.69) is 62.5 Å². The minimum Gasteiger partial charge on any atom is -0.462 e. The van der Waals surface area contributed by atoms with Gasteiger partial charge in [0, 0.05) is 12.8 Å². The van der Waals surface area contributed by atoms with Crippen LogP contribution in [-0.4, -0.2) is 36.4 Å². The van der Waals surface area contributed by atoms with Gasteiger partial charge in [0.1, 0.15) is 6.61 Å². The van der Waals surface area contributed by atoms with E-state index in [1.54, 1.807) is 0 Å². The van der Waals surface area contributed by atoms with Crippen molar-refractivity contribution >= 4 is 11.9 Å². The molecule has 0 spiro atoms. The number of unbranched alkanes of at least 4 members (excludes halogenated alkanes) is 23. The standard InChI is InChI=1S/C46H82O5/c1-3-5-7-9-11-13-15-17-19-21-23-25-27-29-31-33-35-37-39-41-46(49)51-44(42-47)43-50-45(48)40-38-36-34-32-30-28-26-24-22-20-18-16-14-12-10-8-6-4-2/h11,13,17,19-20,22-23,25,44,47H,3-10,12,14-16,18,21,24,26-43H2,1-2H3/b13-11-,19-17-,22-20-,25-23-. The van der Waals surface area contributed by atoms with Gasteiger partial charge in [-0.05, 0) is 77.0 Å². The third-order valence-electron chi connectivity index (χ3n) is 9.35. The fourth-order valence-corrected chi connectivity index (χ4v) is 6.03. The Hall–Kier alpha value is -2.14. The van der Waals surface area contributed by atoms with Crippen LogP contribution in [0.25, 0.3) is 0 Å². The molecule has 1 unspecified atom stereocenters. The normalized spacial score (nSPS) is 12.6. The molecule has 0 aliphatic rings. The molecule has 0 fully saturated rings. The van der Waals surface area contributed by atoms with Crippen LogP contribution in [0.1, 0.15) is 213 Å². The highest BCUT2D eigenvalue weighted by Crippen LogP contribution is 2.13. The number of aliphatic hydroxyl groups excluding tert-OH is 1. The zero-order chi connectivity index (χ0) is 37.1. The largest absolute Gasteiger partial charge is 0.462 e. The molecule has 1 atom stereocenters. The quantitative estimate of drug-likeness (QED) is 0.0390. The number of ether oxygens (including phenoxy) is 2. The summed E-state index contributed by atoms with van der Waals surface area (Å²) in [5.41, 5.74) is 0. The first kappa shape index (κ1) is 48.9. The van der Waals surface area contributed by atoms with Crippen molar-refractivity contribution in [2.75, 3.05) is 13.2 Å². The van der Waals surface area contributed by atoms with Crippen molar-refractivity contribution in [3.05, 3.63) is 48.6 Å². The van der Waals surface area contributed by atoms with E-state index < -0.39 is 6.10 Å². The molecule has 0 aromatic heterocycles. The van der Waals surface area contributed by atoms with Gasteiger partial charge in [-0.2, -0.15) is 0 Å². The summed E-state index contributed by atoms with van der Waals surface area (Å²) in [4.78, 5) is 24.3. The lowest BCUT2D eigenvalue weighted by molar-refractivity contribution is -0.161. The van der Waals surface area contributed by atoms with Gasteiger partial charge < -0.3 is 14.6 Å². The number of esters is 2. The van der Waals surface area contributed by atoms with E-state index in [1.165, 1.54) is 128 Å². The maximum absolute atomic E-state index is 12.2. The first-order chi connectivity index (χ1) is 25.1. The van der Waals surface area contributed by atoms with Gasteiger partial charge in [-0.1, -0.05) is 172 Å². The number of hydrogen-bond acceptors (Lipinski definition) is 5. The predicted molar refractivity (Wildman–Crippen MR) is 219 cm³/mol. The van der Waals surface area contributed by atoms with Gasteiger partial charge in [-0.15, -0.1) is 0 Å². The second-order valence-corrected chi connectivity index (χ2v) is 14.4. The van der Waals surface area contributed by atoms with E-state index in [4.69, 9.17) is 9.47 Å². The van der Waals surface area contributed by atoms with E-state index in [0.717, 1.165) is 57.8 Å². The van der Waals surface area contributed by atoms with Crippen LogP contribution in [0.2, 0.25) is 0 Å². The zero-order valence-corrected chi connectivity index (χ0v) is 33.6. The molecule has 0 radical (unpaired) electrons. The van der Waals surface area contributed by atoms with Crippen LogP contribution in [0.5, 0.6) is 0 Å². The lowest BCUT2D eigenvalue weighted by atomic mass is 10.1. The molecule has 5 nitrogen and oxygen atoms in total. The molecule has 0 rings (SSSR count). The summed E-state index contributed by atoms with van der Waals surface area (Å²) >= 11 is 0. The Balaban J connectivity index is 3.57. The summed E-state index contributed by atoms with van der Waals surface area (Å²) in [6.07, 6.45) is 53.1. The Morgan fingerprint density at radius 3 is 1.24 bits per heavy atom.